The van der Waals surface area contributed by atoms with E-state index in [4.69, 9.17) is 8.83 Å². The van der Waals surface area contributed by atoms with Crippen LogP contribution in [0.5, 0.6) is 0 Å². The van der Waals surface area contributed by atoms with Gasteiger partial charge in [0.1, 0.15) is 11.2 Å². The molecule has 0 aliphatic heterocycles. The van der Waals surface area contributed by atoms with Crippen molar-refractivity contribution < 1.29 is 23.5 Å². The minimum Gasteiger partial charge on any atom is -0.548 e. The molecule has 0 bridgehead atoms. The maximum atomic E-state index is 12.5. The predicted octanol–water partition coefficient (Wildman–Crippen LogP) is 2.70. The molecule has 2 aromatic heterocycles. The molecule has 31 heavy (non-hydrogen) atoms. The van der Waals surface area contributed by atoms with Gasteiger partial charge in [0.2, 0.25) is 5.91 Å². The molecule has 0 spiro atoms. The number of fused-ring (bicyclic) bond motifs is 2. The first-order valence-electron chi connectivity index (χ1n) is 9.84. The Kier molecular flexibility index (Phi) is 5.33. The third-order valence-electron chi connectivity index (χ3n) is 5.45. The van der Waals surface area contributed by atoms with Crippen LogP contribution in [0, 0.1) is 13.8 Å². The summed E-state index contributed by atoms with van der Waals surface area (Å²) in [5.41, 5.74) is 3.01. The molecule has 0 fully saturated rings. The number of rotatable bonds is 6. The van der Waals surface area contributed by atoms with Crippen molar-refractivity contribution in [2.75, 3.05) is 0 Å². The van der Waals surface area contributed by atoms with Gasteiger partial charge < -0.3 is 24.1 Å². The van der Waals surface area contributed by atoms with Crippen molar-refractivity contribution in [1.82, 2.24) is 5.32 Å². The normalized spacial score (nSPS) is 12.2. The molecule has 2 aromatic carbocycles. The van der Waals surface area contributed by atoms with Crippen LogP contribution in [0.25, 0.3) is 21.9 Å². The van der Waals surface area contributed by atoms with Gasteiger partial charge in [-0.05, 0) is 43.0 Å². The third-order valence-corrected chi connectivity index (χ3v) is 5.45. The maximum Gasteiger partial charge on any atom is 0.339 e. The number of carboxylic acids is 1. The van der Waals surface area contributed by atoms with E-state index in [0.29, 0.717) is 22.3 Å². The van der Waals surface area contributed by atoms with Crippen LogP contribution in [0.1, 0.15) is 34.7 Å². The van der Waals surface area contributed by atoms with Crippen molar-refractivity contribution in [2.24, 2.45) is 0 Å². The van der Waals surface area contributed by atoms with E-state index in [1.54, 1.807) is 42.7 Å². The smallest absolute Gasteiger partial charge is 0.339 e. The monoisotopic (exact) mass is 418 g/mol. The zero-order valence-corrected chi connectivity index (χ0v) is 17.1. The minimum absolute atomic E-state index is 0.0687. The van der Waals surface area contributed by atoms with Crippen molar-refractivity contribution in [3.8, 4) is 0 Å². The number of carbonyl (C=O) groups excluding carboxylic acids is 2. The van der Waals surface area contributed by atoms with E-state index in [0.717, 1.165) is 21.9 Å². The van der Waals surface area contributed by atoms with Gasteiger partial charge in [-0.1, -0.05) is 30.3 Å². The Morgan fingerprint density at radius 3 is 2.52 bits per heavy atom. The van der Waals surface area contributed by atoms with E-state index in [9.17, 15) is 19.5 Å². The van der Waals surface area contributed by atoms with Gasteiger partial charge in [0.05, 0.1) is 18.3 Å². The molecule has 4 aromatic rings. The average molecular weight is 418 g/mol. The van der Waals surface area contributed by atoms with Crippen LogP contribution in [0.2, 0.25) is 0 Å². The van der Waals surface area contributed by atoms with Crippen molar-refractivity contribution in [3.05, 3.63) is 81.4 Å². The van der Waals surface area contributed by atoms with E-state index in [-0.39, 0.29) is 12.8 Å². The van der Waals surface area contributed by atoms with Crippen LogP contribution in [0.15, 0.2) is 62.4 Å². The number of nitrogens with one attached hydrogen (secondary N) is 1. The highest BCUT2D eigenvalue weighted by Gasteiger charge is 2.18. The number of furan rings is 1. The highest BCUT2D eigenvalue weighted by atomic mass is 16.4. The summed E-state index contributed by atoms with van der Waals surface area (Å²) in [4.78, 5) is 36.4. The number of benzene rings is 2. The fraction of sp³-hybridized carbons (Fsp3) is 0.208. The molecule has 7 nitrogen and oxygen atoms in total. The summed E-state index contributed by atoms with van der Waals surface area (Å²) in [7, 11) is 0. The summed E-state index contributed by atoms with van der Waals surface area (Å²) in [6.07, 6.45) is 1.69. The van der Waals surface area contributed by atoms with E-state index in [2.05, 4.69) is 5.32 Å². The molecule has 0 aliphatic carbocycles. The highest BCUT2D eigenvalue weighted by Crippen LogP contribution is 2.29. The molecular weight excluding hydrogens is 398 g/mol. The number of carboxylic acid groups (broad SMARTS) is 1. The molecule has 0 unspecified atom stereocenters. The van der Waals surface area contributed by atoms with E-state index in [1.807, 2.05) is 19.9 Å². The third kappa shape index (κ3) is 3.94. The molecular formula is C24H20NO6-. The lowest BCUT2D eigenvalue weighted by molar-refractivity contribution is -0.308. The second kappa shape index (κ2) is 8.10. The van der Waals surface area contributed by atoms with Gasteiger partial charge >= 0.3 is 5.63 Å². The van der Waals surface area contributed by atoms with Crippen molar-refractivity contribution >= 4 is 33.8 Å². The average Bonchev–Trinajstić information content (AvgIpc) is 3.11. The van der Waals surface area contributed by atoms with E-state index >= 15 is 0 Å². The molecule has 158 valence electrons. The van der Waals surface area contributed by atoms with Crippen LogP contribution < -0.4 is 16.0 Å². The molecule has 4 rings (SSSR count). The lowest BCUT2D eigenvalue weighted by atomic mass is 10.0. The Morgan fingerprint density at radius 2 is 1.81 bits per heavy atom. The Labute approximate surface area is 177 Å². The zero-order valence-electron chi connectivity index (χ0n) is 17.1. The second-order valence-corrected chi connectivity index (χ2v) is 7.49. The molecule has 7 heteroatoms. The van der Waals surface area contributed by atoms with Crippen LogP contribution in [-0.2, 0) is 16.0 Å². The molecule has 0 saturated heterocycles. The molecule has 0 aliphatic rings. The van der Waals surface area contributed by atoms with Gasteiger partial charge in [-0.2, -0.15) is 0 Å². The molecule has 2 heterocycles. The number of aliphatic carboxylic acids is 1. The number of hydrogen-bond donors (Lipinski definition) is 1. The molecule has 0 radical (unpaired) electrons. The fourth-order valence-electron chi connectivity index (χ4n) is 3.72. The van der Waals surface area contributed by atoms with Gasteiger partial charge in [-0.25, -0.2) is 4.79 Å². The predicted molar refractivity (Wildman–Crippen MR) is 112 cm³/mol. The Morgan fingerprint density at radius 1 is 1.06 bits per heavy atom. The van der Waals surface area contributed by atoms with Crippen LogP contribution >= 0.6 is 0 Å². The number of carbonyl (C=O) groups is 2. The number of aryl methyl sites for hydroxylation is 2. The summed E-state index contributed by atoms with van der Waals surface area (Å²) in [6.45, 7) is 3.74. The summed E-state index contributed by atoms with van der Waals surface area (Å²) in [5, 5.41) is 15.6. The summed E-state index contributed by atoms with van der Waals surface area (Å²) in [6, 6.07) is 10.6. The summed E-state index contributed by atoms with van der Waals surface area (Å²) < 4.78 is 10.9. The first kappa shape index (κ1) is 20.4. The fourth-order valence-corrected chi connectivity index (χ4v) is 3.72. The first-order valence-corrected chi connectivity index (χ1v) is 9.84. The Balaban J connectivity index is 1.57. The zero-order chi connectivity index (χ0) is 22.1. The largest absolute Gasteiger partial charge is 0.548 e. The van der Waals surface area contributed by atoms with Gasteiger partial charge in [0, 0.05) is 28.8 Å². The highest BCUT2D eigenvalue weighted by molar-refractivity contribution is 5.96. The molecule has 1 N–H and O–H groups in total. The number of hydrogen-bond acceptors (Lipinski definition) is 6. The number of amides is 1. The lowest BCUT2D eigenvalue weighted by Gasteiger charge is -2.20. The van der Waals surface area contributed by atoms with Crippen LogP contribution in [0.4, 0.5) is 0 Å². The molecule has 1 atom stereocenters. The van der Waals surface area contributed by atoms with Gasteiger partial charge in [-0.15, -0.1) is 0 Å². The maximum absolute atomic E-state index is 12.5. The SMILES string of the molecule is Cc1coc2cc3oc(=O)c(CCC(=O)N[C@@H](C(=O)[O-])c4ccccc4)c(C)c3cc12. The lowest BCUT2D eigenvalue weighted by Crippen LogP contribution is -2.41. The quantitative estimate of drug-likeness (QED) is 0.482. The Bertz CT molecular complexity index is 1350. The topological polar surface area (TPSA) is 113 Å². The first-order chi connectivity index (χ1) is 14.8. The molecule has 0 saturated carbocycles. The van der Waals surface area contributed by atoms with E-state index < -0.39 is 23.5 Å². The van der Waals surface area contributed by atoms with Gasteiger partial charge in [0.15, 0.2) is 0 Å². The standard InChI is InChI=1S/C24H21NO6/c1-13-12-30-19-11-20-18(10-17(13)19)14(2)16(24(29)31-20)8-9-21(26)25-22(23(27)28)15-6-4-3-5-7-15/h3-7,10-12,22H,8-9H2,1-2H3,(H,25,26)(H,27,28)/p-1/t22-/m1/s1. The minimum atomic E-state index is -1.40. The van der Waals surface area contributed by atoms with Crippen LogP contribution in [0.3, 0.4) is 0 Å². The van der Waals surface area contributed by atoms with Crippen LogP contribution in [-0.4, -0.2) is 11.9 Å². The summed E-state index contributed by atoms with van der Waals surface area (Å²) >= 11 is 0. The van der Waals surface area contributed by atoms with Gasteiger partial charge in [0.25, 0.3) is 0 Å². The van der Waals surface area contributed by atoms with E-state index in [1.165, 1.54) is 0 Å². The van der Waals surface area contributed by atoms with Crippen molar-refractivity contribution in [3.63, 3.8) is 0 Å². The van der Waals surface area contributed by atoms with Gasteiger partial charge in [-0.3, -0.25) is 4.79 Å². The second-order valence-electron chi connectivity index (χ2n) is 7.49. The Hall–Kier alpha value is -3.87. The van der Waals surface area contributed by atoms with Crippen molar-refractivity contribution in [2.45, 2.75) is 32.7 Å². The molecule has 1 amide bonds. The summed E-state index contributed by atoms with van der Waals surface area (Å²) in [5.74, 6) is -1.90. The van der Waals surface area contributed by atoms with Crippen molar-refractivity contribution in [1.29, 1.82) is 0 Å².